The predicted molar refractivity (Wildman–Crippen MR) is 52.4 cm³/mol. The highest BCUT2D eigenvalue weighted by molar-refractivity contribution is 6.43. The van der Waals surface area contributed by atoms with Crippen LogP contribution in [0, 0.1) is 34.5 Å². The molecular weight excluding hydrogens is 178 g/mol. The van der Waals surface area contributed by atoms with E-state index in [0.29, 0.717) is 5.71 Å². The molecule has 0 bridgehead atoms. The number of aliphatic imine (C=N–C) groups is 2. The molecule has 0 radical (unpaired) electrons. The van der Waals surface area contributed by atoms with Gasteiger partial charge in [-0.1, -0.05) is 13.8 Å². The second kappa shape index (κ2) is 3.89. The summed E-state index contributed by atoms with van der Waals surface area (Å²) in [7, 11) is 0. The number of nitrogens with zero attached hydrogens (tertiary/aromatic N) is 4. The average Bonchev–Trinajstić information content (AvgIpc) is 2.51. The van der Waals surface area contributed by atoms with Crippen molar-refractivity contribution in [3.8, 4) is 12.1 Å². The van der Waals surface area contributed by atoms with Crippen molar-refractivity contribution in [2.75, 3.05) is 0 Å². The standard InChI is InChI=1S/C9H11N5/c1-5(2)9-13-7(8(12)14-9)6(3-10)4-11/h5-6,9H,1-2H3,(H2,12,14)/t9-/m0/s1. The first-order chi connectivity index (χ1) is 6.60. The van der Waals surface area contributed by atoms with Crippen molar-refractivity contribution in [1.29, 1.82) is 10.5 Å². The SMILES string of the molecule is CC(C)[C@@H]1N=C(N)C(C(C#N)C#N)=N1. The Labute approximate surface area is 82.6 Å². The van der Waals surface area contributed by atoms with Crippen LogP contribution in [0.2, 0.25) is 0 Å². The summed E-state index contributed by atoms with van der Waals surface area (Å²) in [5, 5.41) is 17.3. The highest BCUT2D eigenvalue weighted by Gasteiger charge is 2.27. The van der Waals surface area contributed by atoms with E-state index < -0.39 is 5.92 Å². The van der Waals surface area contributed by atoms with Gasteiger partial charge in [0.05, 0.1) is 12.1 Å². The van der Waals surface area contributed by atoms with Crippen LogP contribution in [0.25, 0.3) is 0 Å². The van der Waals surface area contributed by atoms with E-state index >= 15 is 0 Å². The van der Waals surface area contributed by atoms with Gasteiger partial charge in [-0.25, -0.2) is 4.99 Å². The van der Waals surface area contributed by atoms with Crippen LogP contribution in [0.4, 0.5) is 0 Å². The zero-order valence-corrected chi connectivity index (χ0v) is 8.10. The van der Waals surface area contributed by atoms with E-state index in [9.17, 15) is 0 Å². The third-order valence-electron chi connectivity index (χ3n) is 1.93. The molecule has 72 valence electrons. The topological polar surface area (TPSA) is 98.3 Å². The maximum atomic E-state index is 8.67. The van der Waals surface area contributed by atoms with Crippen LogP contribution in [0.5, 0.6) is 0 Å². The molecule has 0 aliphatic carbocycles. The van der Waals surface area contributed by atoms with Crippen LogP contribution in [0.15, 0.2) is 9.98 Å². The lowest BCUT2D eigenvalue weighted by Gasteiger charge is -2.06. The predicted octanol–water partition coefficient (Wildman–Crippen LogP) is 0.444. The molecule has 5 heteroatoms. The van der Waals surface area contributed by atoms with Crippen LogP contribution in [-0.2, 0) is 0 Å². The number of nitriles is 2. The molecule has 1 heterocycles. The molecule has 1 aliphatic heterocycles. The monoisotopic (exact) mass is 189 g/mol. The van der Waals surface area contributed by atoms with E-state index in [2.05, 4.69) is 9.98 Å². The fraction of sp³-hybridized carbons (Fsp3) is 0.556. The van der Waals surface area contributed by atoms with E-state index in [1.807, 2.05) is 26.0 Å². The first kappa shape index (κ1) is 10.2. The molecule has 0 saturated carbocycles. The quantitative estimate of drug-likeness (QED) is 0.682. The third-order valence-corrected chi connectivity index (χ3v) is 1.93. The molecule has 0 aromatic rings. The normalized spacial score (nSPS) is 20.3. The molecule has 0 aromatic carbocycles. The Kier molecular flexibility index (Phi) is 2.83. The van der Waals surface area contributed by atoms with Crippen LogP contribution in [0.1, 0.15) is 13.8 Å². The lowest BCUT2D eigenvalue weighted by molar-refractivity contribution is 0.520. The largest absolute Gasteiger partial charge is 0.382 e. The van der Waals surface area contributed by atoms with Crippen molar-refractivity contribution < 1.29 is 0 Å². The highest BCUT2D eigenvalue weighted by Crippen LogP contribution is 2.16. The van der Waals surface area contributed by atoms with Crippen LogP contribution in [-0.4, -0.2) is 17.7 Å². The molecule has 2 N–H and O–H groups in total. The van der Waals surface area contributed by atoms with Gasteiger partial charge in [-0.3, -0.25) is 4.99 Å². The van der Waals surface area contributed by atoms with E-state index in [1.54, 1.807) is 0 Å². The van der Waals surface area contributed by atoms with Gasteiger partial charge in [0, 0.05) is 0 Å². The molecular formula is C9H11N5. The number of amidine groups is 1. The summed E-state index contributed by atoms with van der Waals surface area (Å²) in [6, 6.07) is 3.66. The minimum atomic E-state index is -0.900. The summed E-state index contributed by atoms with van der Waals surface area (Å²) >= 11 is 0. The number of hydrogen-bond donors (Lipinski definition) is 1. The minimum absolute atomic E-state index is 0.219. The number of rotatable bonds is 2. The Morgan fingerprint density at radius 2 is 1.86 bits per heavy atom. The fourth-order valence-corrected chi connectivity index (χ4v) is 1.12. The first-order valence-electron chi connectivity index (χ1n) is 4.30. The minimum Gasteiger partial charge on any atom is -0.382 e. The number of nitrogens with two attached hydrogens (primary N) is 1. The third kappa shape index (κ3) is 1.72. The van der Waals surface area contributed by atoms with Crippen molar-refractivity contribution in [3.05, 3.63) is 0 Å². The first-order valence-corrected chi connectivity index (χ1v) is 4.30. The summed E-state index contributed by atoms with van der Waals surface area (Å²) in [5.74, 6) is -0.455. The molecule has 0 unspecified atom stereocenters. The molecule has 1 rings (SSSR count). The van der Waals surface area contributed by atoms with Crippen LogP contribution in [0.3, 0.4) is 0 Å². The zero-order valence-electron chi connectivity index (χ0n) is 8.10. The molecule has 5 nitrogen and oxygen atoms in total. The van der Waals surface area contributed by atoms with Gasteiger partial charge < -0.3 is 5.73 Å². The summed E-state index contributed by atoms with van der Waals surface area (Å²) in [6.45, 7) is 3.92. The zero-order chi connectivity index (χ0) is 10.7. The van der Waals surface area contributed by atoms with E-state index in [1.165, 1.54) is 0 Å². The molecule has 14 heavy (non-hydrogen) atoms. The molecule has 0 fully saturated rings. The van der Waals surface area contributed by atoms with Crippen molar-refractivity contribution in [3.63, 3.8) is 0 Å². The summed E-state index contributed by atoms with van der Waals surface area (Å²) < 4.78 is 0. The smallest absolute Gasteiger partial charge is 0.178 e. The average molecular weight is 189 g/mol. The Hall–Kier alpha value is -1.88. The summed E-state index contributed by atoms with van der Waals surface area (Å²) in [6.07, 6.45) is -0.241. The lowest BCUT2D eigenvalue weighted by atomic mass is 10.1. The maximum Gasteiger partial charge on any atom is 0.178 e. The van der Waals surface area contributed by atoms with Gasteiger partial charge in [-0.2, -0.15) is 10.5 Å². The van der Waals surface area contributed by atoms with Crippen LogP contribution >= 0.6 is 0 Å². The Morgan fingerprint density at radius 1 is 1.29 bits per heavy atom. The second-order valence-electron chi connectivity index (χ2n) is 3.38. The molecule has 0 aromatic heterocycles. The molecule has 0 amide bonds. The Morgan fingerprint density at radius 3 is 2.21 bits per heavy atom. The molecule has 0 saturated heterocycles. The molecule has 0 spiro atoms. The maximum absolute atomic E-state index is 8.67. The van der Waals surface area contributed by atoms with Gasteiger partial charge >= 0.3 is 0 Å². The van der Waals surface area contributed by atoms with Gasteiger partial charge in [-0.05, 0) is 5.92 Å². The van der Waals surface area contributed by atoms with Gasteiger partial charge in [0.15, 0.2) is 5.92 Å². The van der Waals surface area contributed by atoms with Crippen molar-refractivity contribution in [1.82, 2.24) is 0 Å². The highest BCUT2D eigenvalue weighted by atomic mass is 15.1. The Balaban J connectivity index is 2.95. The van der Waals surface area contributed by atoms with E-state index in [-0.39, 0.29) is 17.9 Å². The molecule has 1 aliphatic rings. The Bertz CT molecular complexity index is 352. The summed E-state index contributed by atoms with van der Waals surface area (Å²) in [4.78, 5) is 8.23. The number of hydrogen-bond acceptors (Lipinski definition) is 5. The van der Waals surface area contributed by atoms with Crippen LogP contribution < -0.4 is 5.73 Å². The van der Waals surface area contributed by atoms with Crippen molar-refractivity contribution in [2.24, 2.45) is 27.6 Å². The molecule has 1 atom stereocenters. The van der Waals surface area contributed by atoms with Crippen molar-refractivity contribution >= 4 is 11.5 Å². The lowest BCUT2D eigenvalue weighted by Crippen LogP contribution is -2.26. The van der Waals surface area contributed by atoms with Crippen molar-refractivity contribution in [2.45, 2.75) is 20.0 Å². The van der Waals surface area contributed by atoms with Gasteiger partial charge in [0.25, 0.3) is 0 Å². The van der Waals surface area contributed by atoms with Gasteiger partial charge in [0.1, 0.15) is 17.7 Å². The fourth-order valence-electron chi connectivity index (χ4n) is 1.12. The summed E-state index contributed by atoms with van der Waals surface area (Å²) in [5.41, 5.74) is 5.89. The van der Waals surface area contributed by atoms with Gasteiger partial charge in [-0.15, -0.1) is 0 Å². The second-order valence-corrected chi connectivity index (χ2v) is 3.38. The van der Waals surface area contributed by atoms with E-state index in [4.69, 9.17) is 16.3 Å². The van der Waals surface area contributed by atoms with E-state index in [0.717, 1.165) is 0 Å². The van der Waals surface area contributed by atoms with Gasteiger partial charge in [0.2, 0.25) is 0 Å².